The van der Waals surface area contributed by atoms with Gasteiger partial charge in [0.1, 0.15) is 5.15 Å². The molecule has 4 rings (SSSR count). The summed E-state index contributed by atoms with van der Waals surface area (Å²) in [7, 11) is 2.06. The predicted octanol–water partition coefficient (Wildman–Crippen LogP) is 5.95. The van der Waals surface area contributed by atoms with E-state index < -0.39 is 0 Å². The molecule has 29 heavy (non-hydrogen) atoms. The van der Waals surface area contributed by atoms with Crippen LogP contribution in [0.15, 0.2) is 35.7 Å². The second-order valence-electron chi connectivity index (χ2n) is 6.43. The number of hydrogen-bond acceptors (Lipinski definition) is 6. The molecule has 0 radical (unpaired) electrons. The molecular weight excluding hydrogens is 541 g/mol. The van der Waals surface area contributed by atoms with Gasteiger partial charge in [-0.15, -0.1) is 22.7 Å². The number of fused-ring (bicyclic) bond motifs is 1. The molecule has 154 valence electrons. The van der Waals surface area contributed by atoms with Crippen molar-refractivity contribution in [3.63, 3.8) is 0 Å². The summed E-state index contributed by atoms with van der Waals surface area (Å²) in [6, 6.07) is 6.65. The van der Waals surface area contributed by atoms with Crippen LogP contribution in [0.25, 0.3) is 10.2 Å². The van der Waals surface area contributed by atoms with E-state index in [1.165, 1.54) is 18.0 Å². The van der Waals surface area contributed by atoms with Crippen molar-refractivity contribution < 1.29 is 9.90 Å². The van der Waals surface area contributed by atoms with Crippen LogP contribution < -0.4 is 10.6 Å². The fraction of sp³-hybridized carbons (Fsp3) is 0.300. The molecule has 0 fully saturated rings. The van der Waals surface area contributed by atoms with Crippen LogP contribution in [0.1, 0.15) is 28.5 Å². The van der Waals surface area contributed by atoms with E-state index in [0.717, 1.165) is 30.6 Å². The fourth-order valence-corrected chi connectivity index (χ4v) is 6.86. The van der Waals surface area contributed by atoms with E-state index in [4.69, 9.17) is 21.5 Å². The third-order valence-electron chi connectivity index (χ3n) is 4.75. The number of likely N-dealkylation sites (N-methyl/N-ethyl adjacent to an activating group) is 1. The summed E-state index contributed by atoms with van der Waals surface area (Å²) in [6.07, 6.45) is 6.72. The first-order valence-electron chi connectivity index (χ1n) is 9.03. The van der Waals surface area contributed by atoms with Gasteiger partial charge in [-0.3, -0.25) is 4.79 Å². The molecular formula is C20H21ClIN3O2S2. The lowest BCUT2D eigenvalue weighted by Crippen LogP contribution is -2.32. The van der Waals surface area contributed by atoms with Crippen molar-refractivity contribution in [2.45, 2.75) is 31.3 Å². The Kier molecular flexibility index (Phi) is 8.31. The van der Waals surface area contributed by atoms with Crippen LogP contribution in [0.4, 0.5) is 5.69 Å². The molecule has 9 heteroatoms. The minimum absolute atomic E-state index is 0.250. The zero-order valence-electron chi connectivity index (χ0n) is 15.7. The van der Waals surface area contributed by atoms with Crippen LogP contribution in [-0.2, 0) is 11.3 Å². The van der Waals surface area contributed by atoms with Gasteiger partial charge in [0.05, 0.1) is 19.5 Å². The highest BCUT2D eigenvalue weighted by Gasteiger charge is 2.28. The maximum absolute atomic E-state index is 8.36. The monoisotopic (exact) mass is 561 g/mol. The SMILES string of the molecule is CN[C@@H]1CC=CC[C@H]1c1sc2c(NCc3cccs3)cc(Cl)nc2c1I.O=CO. The Labute approximate surface area is 196 Å². The van der Waals surface area contributed by atoms with Gasteiger partial charge in [-0.2, -0.15) is 0 Å². The molecule has 0 aliphatic heterocycles. The van der Waals surface area contributed by atoms with Crippen LogP contribution in [0, 0.1) is 3.57 Å². The molecule has 0 saturated heterocycles. The number of rotatable bonds is 5. The molecule has 1 aliphatic carbocycles. The minimum Gasteiger partial charge on any atom is -0.483 e. The van der Waals surface area contributed by atoms with Crippen molar-refractivity contribution in [2.24, 2.45) is 0 Å². The van der Waals surface area contributed by atoms with Crippen LogP contribution >= 0.6 is 56.9 Å². The number of allylic oxidation sites excluding steroid dienone is 1. The Morgan fingerprint density at radius 3 is 2.86 bits per heavy atom. The average Bonchev–Trinajstić information content (AvgIpc) is 3.35. The number of nitrogens with one attached hydrogen (secondary N) is 2. The van der Waals surface area contributed by atoms with Gasteiger partial charge < -0.3 is 15.7 Å². The third kappa shape index (κ3) is 5.29. The highest BCUT2D eigenvalue weighted by molar-refractivity contribution is 14.1. The number of carboxylic acid groups (broad SMARTS) is 1. The zero-order valence-corrected chi connectivity index (χ0v) is 20.2. The minimum atomic E-state index is -0.250. The number of anilines is 1. The molecule has 0 amide bonds. The van der Waals surface area contributed by atoms with Crippen molar-refractivity contribution in [2.75, 3.05) is 12.4 Å². The van der Waals surface area contributed by atoms with E-state index in [1.54, 1.807) is 11.3 Å². The zero-order chi connectivity index (χ0) is 20.8. The van der Waals surface area contributed by atoms with E-state index in [0.29, 0.717) is 17.1 Å². The maximum Gasteiger partial charge on any atom is 0.290 e. The molecule has 3 heterocycles. The summed E-state index contributed by atoms with van der Waals surface area (Å²) in [6.45, 7) is 0.558. The lowest BCUT2D eigenvalue weighted by molar-refractivity contribution is -0.122. The molecule has 0 saturated carbocycles. The highest BCUT2D eigenvalue weighted by atomic mass is 127. The van der Waals surface area contributed by atoms with Gasteiger partial charge in [-0.05, 0) is 53.9 Å². The topological polar surface area (TPSA) is 74.2 Å². The summed E-state index contributed by atoms with van der Waals surface area (Å²) >= 11 is 12.4. The van der Waals surface area contributed by atoms with Gasteiger partial charge >= 0.3 is 0 Å². The van der Waals surface area contributed by atoms with Crippen molar-refractivity contribution >= 4 is 79.2 Å². The Bertz CT molecular complexity index is 991. The third-order valence-corrected chi connectivity index (χ3v) is 8.62. The number of nitrogens with zero attached hydrogens (tertiary/aromatic N) is 1. The molecule has 0 unspecified atom stereocenters. The molecule has 3 N–H and O–H groups in total. The van der Waals surface area contributed by atoms with E-state index in [9.17, 15) is 0 Å². The standard InChI is InChI=1S/C19H19ClIN3S2.CH2O2/c1-22-13-7-3-2-6-12(13)18-16(21)17-19(26-18)14(9-15(20)24-17)23-10-11-5-4-8-25-11;2-1-3/h2-5,8-9,12-13,22H,6-7,10H2,1H3,(H,23,24);1H,(H,2,3)/t12-,13-;/m1./s1. The molecule has 0 spiro atoms. The van der Waals surface area contributed by atoms with E-state index >= 15 is 0 Å². The number of aromatic nitrogens is 1. The molecule has 3 aromatic rings. The molecule has 0 bridgehead atoms. The van der Waals surface area contributed by atoms with E-state index in [-0.39, 0.29) is 6.47 Å². The first-order valence-corrected chi connectivity index (χ1v) is 12.2. The number of pyridine rings is 1. The Morgan fingerprint density at radius 2 is 2.17 bits per heavy atom. The molecule has 0 aromatic carbocycles. The second kappa shape index (κ2) is 10.7. The first kappa shape index (κ1) is 22.5. The Hall–Kier alpha value is -1.20. The lowest BCUT2D eigenvalue weighted by Gasteiger charge is -2.27. The molecule has 2 atom stereocenters. The number of carbonyl (C=O) groups is 1. The van der Waals surface area contributed by atoms with Crippen molar-refractivity contribution in [3.8, 4) is 0 Å². The van der Waals surface area contributed by atoms with Gasteiger partial charge in [0, 0.05) is 34.3 Å². The normalized spacial score (nSPS) is 18.3. The van der Waals surface area contributed by atoms with Crippen LogP contribution in [-0.4, -0.2) is 29.7 Å². The quantitative estimate of drug-likeness (QED) is 0.155. The largest absolute Gasteiger partial charge is 0.483 e. The van der Waals surface area contributed by atoms with Crippen LogP contribution in [0.3, 0.4) is 0 Å². The van der Waals surface area contributed by atoms with Crippen molar-refractivity contribution in [1.82, 2.24) is 10.3 Å². The smallest absolute Gasteiger partial charge is 0.290 e. The predicted molar refractivity (Wildman–Crippen MR) is 132 cm³/mol. The van der Waals surface area contributed by atoms with E-state index in [1.807, 2.05) is 17.4 Å². The summed E-state index contributed by atoms with van der Waals surface area (Å²) < 4.78 is 2.44. The van der Waals surface area contributed by atoms with Crippen molar-refractivity contribution in [1.29, 1.82) is 0 Å². The number of halogens is 2. The van der Waals surface area contributed by atoms with Crippen LogP contribution in [0.5, 0.6) is 0 Å². The molecule has 1 aliphatic rings. The molecule has 3 aromatic heterocycles. The Balaban J connectivity index is 0.000000755. The fourth-order valence-electron chi connectivity index (χ4n) is 3.41. The lowest BCUT2D eigenvalue weighted by atomic mass is 9.88. The summed E-state index contributed by atoms with van der Waals surface area (Å²) in [5.74, 6) is 0.486. The van der Waals surface area contributed by atoms with Gasteiger partial charge in [0.25, 0.3) is 6.47 Å². The summed E-state index contributed by atoms with van der Waals surface area (Å²) in [5, 5.41) is 16.6. The number of hydrogen-bond donors (Lipinski definition) is 3. The van der Waals surface area contributed by atoms with Gasteiger partial charge in [0.2, 0.25) is 0 Å². The molecule has 5 nitrogen and oxygen atoms in total. The maximum atomic E-state index is 8.36. The summed E-state index contributed by atoms with van der Waals surface area (Å²) in [5.41, 5.74) is 2.10. The average molecular weight is 562 g/mol. The highest BCUT2D eigenvalue weighted by Crippen LogP contribution is 2.44. The van der Waals surface area contributed by atoms with Gasteiger partial charge in [-0.25, -0.2) is 4.98 Å². The van der Waals surface area contributed by atoms with E-state index in [2.05, 4.69) is 74.9 Å². The number of thiophene rings is 2. The summed E-state index contributed by atoms with van der Waals surface area (Å²) in [4.78, 5) is 15.7. The first-order chi connectivity index (χ1) is 14.1. The Morgan fingerprint density at radius 1 is 1.41 bits per heavy atom. The van der Waals surface area contributed by atoms with Gasteiger partial charge in [0.15, 0.2) is 0 Å². The van der Waals surface area contributed by atoms with Crippen LogP contribution in [0.2, 0.25) is 5.15 Å². The van der Waals surface area contributed by atoms with Gasteiger partial charge in [-0.1, -0.05) is 29.8 Å². The second-order valence-corrected chi connectivity index (χ2v) is 9.98. The van der Waals surface area contributed by atoms with Crippen molar-refractivity contribution in [3.05, 3.63) is 54.2 Å².